The lowest BCUT2D eigenvalue weighted by molar-refractivity contribution is 0.400. The zero-order valence-corrected chi connectivity index (χ0v) is 9.32. The van der Waals surface area contributed by atoms with E-state index in [0.29, 0.717) is 12.0 Å². The van der Waals surface area contributed by atoms with Gasteiger partial charge >= 0.3 is 0 Å². The Kier molecular flexibility index (Phi) is 3.38. The molecule has 0 saturated heterocycles. The van der Waals surface area contributed by atoms with Gasteiger partial charge in [-0.2, -0.15) is 0 Å². The molecule has 2 atom stereocenters. The summed E-state index contributed by atoms with van der Waals surface area (Å²) >= 11 is 0. The topological polar surface area (TPSA) is 55.9 Å². The minimum Gasteiger partial charge on any atom is -0.337 e. The smallest absolute Gasteiger partial charge is 0.122 e. The molecule has 4 heteroatoms. The van der Waals surface area contributed by atoms with E-state index in [4.69, 9.17) is 5.73 Å². The van der Waals surface area contributed by atoms with Crippen molar-refractivity contribution in [2.75, 3.05) is 6.54 Å². The Labute approximate surface area is 90.9 Å². The monoisotopic (exact) mass is 208 g/mol. The predicted octanol–water partition coefficient (Wildman–Crippen LogP) is 0.637. The van der Waals surface area contributed by atoms with Crippen molar-refractivity contribution >= 4 is 0 Å². The van der Waals surface area contributed by atoms with Crippen molar-refractivity contribution in [1.82, 2.24) is 14.9 Å². The number of aryl methyl sites for hydroxylation is 1. The fourth-order valence-corrected chi connectivity index (χ4v) is 2.38. The fourth-order valence-electron chi connectivity index (χ4n) is 2.38. The van der Waals surface area contributed by atoms with Crippen molar-refractivity contribution < 1.29 is 0 Å². The summed E-state index contributed by atoms with van der Waals surface area (Å²) in [6.45, 7) is 1.66. The highest BCUT2D eigenvalue weighted by molar-refractivity contribution is 4.92. The van der Waals surface area contributed by atoms with E-state index in [1.165, 1.54) is 19.3 Å². The van der Waals surface area contributed by atoms with Crippen LogP contribution in [0.4, 0.5) is 0 Å². The second-order valence-corrected chi connectivity index (χ2v) is 4.37. The van der Waals surface area contributed by atoms with Crippen LogP contribution in [0.5, 0.6) is 0 Å². The van der Waals surface area contributed by atoms with Crippen molar-refractivity contribution in [2.24, 2.45) is 18.7 Å². The Bertz CT molecular complexity index is 307. The highest BCUT2D eigenvalue weighted by Gasteiger charge is 2.25. The summed E-state index contributed by atoms with van der Waals surface area (Å²) in [6.07, 6.45) is 7.65. The molecule has 4 nitrogen and oxygen atoms in total. The third-order valence-corrected chi connectivity index (χ3v) is 3.41. The van der Waals surface area contributed by atoms with Gasteiger partial charge in [-0.15, -0.1) is 0 Å². The minimum atomic E-state index is 0.590. The molecular formula is C11H20N4. The predicted molar refractivity (Wildman–Crippen MR) is 60.2 cm³/mol. The van der Waals surface area contributed by atoms with Gasteiger partial charge in [0.2, 0.25) is 0 Å². The summed E-state index contributed by atoms with van der Waals surface area (Å²) < 4.78 is 2.05. The van der Waals surface area contributed by atoms with E-state index in [9.17, 15) is 0 Å². The molecule has 2 unspecified atom stereocenters. The summed E-state index contributed by atoms with van der Waals surface area (Å²) in [6, 6.07) is 0.590. The summed E-state index contributed by atoms with van der Waals surface area (Å²) in [5, 5.41) is 3.56. The summed E-state index contributed by atoms with van der Waals surface area (Å²) in [5.41, 5.74) is 5.74. The first-order valence-corrected chi connectivity index (χ1v) is 5.71. The third-order valence-electron chi connectivity index (χ3n) is 3.41. The van der Waals surface area contributed by atoms with Crippen molar-refractivity contribution in [3.05, 3.63) is 18.2 Å². The maximum atomic E-state index is 5.74. The largest absolute Gasteiger partial charge is 0.337 e. The maximum Gasteiger partial charge on any atom is 0.122 e. The lowest BCUT2D eigenvalue weighted by atomic mass is 10.0. The quantitative estimate of drug-likeness (QED) is 0.763. The SMILES string of the molecule is Cn1ccnc1CNC1CCCC1CN. The first-order valence-electron chi connectivity index (χ1n) is 5.71. The molecule has 2 rings (SSSR count). The van der Waals surface area contributed by atoms with Crippen LogP contribution in [-0.4, -0.2) is 22.1 Å². The number of nitrogens with two attached hydrogens (primary N) is 1. The van der Waals surface area contributed by atoms with Gasteiger partial charge in [0.15, 0.2) is 0 Å². The van der Waals surface area contributed by atoms with Gasteiger partial charge in [-0.3, -0.25) is 0 Å². The van der Waals surface area contributed by atoms with E-state index in [1.54, 1.807) is 0 Å². The van der Waals surface area contributed by atoms with Crippen LogP contribution in [0.25, 0.3) is 0 Å². The number of nitrogens with zero attached hydrogens (tertiary/aromatic N) is 2. The number of nitrogens with one attached hydrogen (secondary N) is 1. The molecule has 0 aliphatic heterocycles. The molecular weight excluding hydrogens is 188 g/mol. The number of imidazole rings is 1. The first-order chi connectivity index (χ1) is 7.31. The molecule has 15 heavy (non-hydrogen) atoms. The molecule has 1 saturated carbocycles. The van der Waals surface area contributed by atoms with Gasteiger partial charge in [0.05, 0.1) is 6.54 Å². The maximum absolute atomic E-state index is 5.74. The summed E-state index contributed by atoms with van der Waals surface area (Å²) in [7, 11) is 2.03. The number of hydrogen-bond donors (Lipinski definition) is 2. The Morgan fingerprint density at radius 2 is 2.47 bits per heavy atom. The Hall–Kier alpha value is -0.870. The first kappa shape index (κ1) is 10.6. The third kappa shape index (κ3) is 2.38. The molecule has 1 aliphatic rings. The lowest BCUT2D eigenvalue weighted by Crippen LogP contribution is -2.36. The highest BCUT2D eigenvalue weighted by atomic mass is 15.1. The van der Waals surface area contributed by atoms with Crippen molar-refractivity contribution in [3.63, 3.8) is 0 Å². The average molecular weight is 208 g/mol. The molecule has 1 fully saturated rings. The Morgan fingerprint density at radius 1 is 1.60 bits per heavy atom. The number of hydrogen-bond acceptors (Lipinski definition) is 3. The van der Waals surface area contributed by atoms with E-state index in [0.717, 1.165) is 18.9 Å². The Morgan fingerprint density at radius 3 is 3.13 bits per heavy atom. The molecule has 0 bridgehead atoms. The van der Waals surface area contributed by atoms with E-state index >= 15 is 0 Å². The standard InChI is InChI=1S/C11H20N4/c1-15-6-5-13-11(15)8-14-10-4-2-3-9(10)7-12/h5-6,9-10,14H,2-4,7-8,12H2,1H3. The average Bonchev–Trinajstić information content (AvgIpc) is 2.83. The van der Waals surface area contributed by atoms with Gasteiger partial charge in [0.1, 0.15) is 5.82 Å². The molecule has 0 spiro atoms. The zero-order chi connectivity index (χ0) is 10.7. The van der Waals surface area contributed by atoms with Crippen LogP contribution in [0.15, 0.2) is 12.4 Å². The van der Waals surface area contributed by atoms with Gasteiger partial charge < -0.3 is 15.6 Å². The summed E-state index contributed by atoms with van der Waals surface area (Å²) in [5.74, 6) is 1.75. The van der Waals surface area contributed by atoms with E-state index in [-0.39, 0.29) is 0 Å². The molecule has 0 amide bonds. The van der Waals surface area contributed by atoms with E-state index < -0.39 is 0 Å². The molecule has 1 aliphatic carbocycles. The molecule has 0 aromatic carbocycles. The van der Waals surface area contributed by atoms with Gasteiger partial charge in [-0.05, 0) is 25.3 Å². The fraction of sp³-hybridized carbons (Fsp3) is 0.727. The summed E-state index contributed by atoms with van der Waals surface area (Å²) in [4.78, 5) is 4.30. The Balaban J connectivity index is 1.85. The van der Waals surface area contributed by atoms with Gasteiger partial charge in [-0.25, -0.2) is 4.98 Å². The molecule has 3 N–H and O–H groups in total. The zero-order valence-electron chi connectivity index (χ0n) is 9.32. The normalized spacial score (nSPS) is 26.0. The van der Waals surface area contributed by atoms with Gasteiger partial charge in [-0.1, -0.05) is 6.42 Å². The van der Waals surface area contributed by atoms with E-state index in [1.807, 2.05) is 19.4 Å². The van der Waals surface area contributed by atoms with Crippen molar-refractivity contribution in [2.45, 2.75) is 31.8 Å². The van der Waals surface area contributed by atoms with Crippen LogP contribution in [0, 0.1) is 5.92 Å². The molecule has 1 aromatic heterocycles. The van der Waals surface area contributed by atoms with Crippen LogP contribution < -0.4 is 11.1 Å². The van der Waals surface area contributed by atoms with Crippen LogP contribution in [0.2, 0.25) is 0 Å². The molecule has 84 valence electrons. The molecule has 1 aromatic rings. The second kappa shape index (κ2) is 4.77. The molecule has 0 radical (unpaired) electrons. The van der Waals surface area contributed by atoms with Crippen LogP contribution in [0.1, 0.15) is 25.1 Å². The van der Waals surface area contributed by atoms with Crippen LogP contribution in [-0.2, 0) is 13.6 Å². The van der Waals surface area contributed by atoms with Gasteiger partial charge in [0.25, 0.3) is 0 Å². The molecule has 1 heterocycles. The number of rotatable bonds is 4. The van der Waals surface area contributed by atoms with Crippen LogP contribution in [0.3, 0.4) is 0 Å². The minimum absolute atomic E-state index is 0.590. The lowest BCUT2D eigenvalue weighted by Gasteiger charge is -2.19. The number of aromatic nitrogens is 2. The second-order valence-electron chi connectivity index (χ2n) is 4.37. The van der Waals surface area contributed by atoms with E-state index in [2.05, 4.69) is 14.9 Å². The van der Waals surface area contributed by atoms with Crippen LogP contribution >= 0.6 is 0 Å². The van der Waals surface area contributed by atoms with Crippen molar-refractivity contribution in [1.29, 1.82) is 0 Å². The van der Waals surface area contributed by atoms with Crippen molar-refractivity contribution in [3.8, 4) is 0 Å². The highest BCUT2D eigenvalue weighted by Crippen LogP contribution is 2.24. The van der Waals surface area contributed by atoms with Gasteiger partial charge in [0, 0.05) is 25.5 Å².